The van der Waals surface area contributed by atoms with Gasteiger partial charge in [-0.25, -0.2) is 13.5 Å². The van der Waals surface area contributed by atoms with Crippen molar-refractivity contribution >= 4 is 46.2 Å². The lowest BCUT2D eigenvalue weighted by atomic mass is 10.0. The molecule has 1 aromatic heterocycles. The second-order valence-electron chi connectivity index (χ2n) is 9.40. The topological polar surface area (TPSA) is 238 Å². The van der Waals surface area contributed by atoms with E-state index in [9.17, 15) is 29.3 Å². The Morgan fingerprint density at radius 3 is 2.43 bits per heavy atom. The molecule has 0 radical (unpaired) electrons. The van der Waals surface area contributed by atoms with Gasteiger partial charge in [0.1, 0.15) is 24.1 Å². The van der Waals surface area contributed by atoms with Crippen LogP contribution in [0.1, 0.15) is 5.56 Å². The minimum Gasteiger partial charge on any atom is -0.493 e. The van der Waals surface area contributed by atoms with Crippen molar-refractivity contribution in [2.45, 2.75) is 30.7 Å². The van der Waals surface area contributed by atoms with Crippen LogP contribution in [0.15, 0.2) is 48.5 Å². The summed E-state index contributed by atoms with van der Waals surface area (Å²) in [5, 5.41) is 32.2. The molecule has 15 nitrogen and oxygen atoms in total. The van der Waals surface area contributed by atoms with Crippen LogP contribution in [0.25, 0.3) is 11.1 Å². The van der Waals surface area contributed by atoms with Crippen LogP contribution in [0.4, 0.5) is 16.2 Å². The summed E-state index contributed by atoms with van der Waals surface area (Å²) < 4.78 is 51.9. The Kier molecular flexibility index (Phi) is 8.61. The molecule has 42 heavy (non-hydrogen) atoms. The van der Waals surface area contributed by atoms with E-state index in [1.165, 1.54) is 11.0 Å². The quantitative estimate of drug-likeness (QED) is 0.160. The maximum absolute atomic E-state index is 15.2. The SMILES string of the molecule is Nc1nc(O)c2c(n1)N([C@@H]1O[C@H](COP(=O)(O)OP(=O)(O)O)[C@@H](O)[C@H]1O)C=[PH]2Cc1ccc(-c2ccccc2)cc1F. The number of phosphoric acid groups is 2. The molecule has 0 amide bonds. The first-order valence-corrected chi connectivity index (χ1v) is 17.0. The Bertz CT molecular complexity index is 1630. The van der Waals surface area contributed by atoms with E-state index in [-0.39, 0.29) is 23.2 Å². The first-order chi connectivity index (χ1) is 19.7. The predicted octanol–water partition coefficient (Wildman–Crippen LogP) is 0.863. The summed E-state index contributed by atoms with van der Waals surface area (Å²) >= 11 is 0. The summed E-state index contributed by atoms with van der Waals surface area (Å²) in [7, 11) is -12.7. The maximum Gasteiger partial charge on any atom is 0.481 e. The number of fused-ring (bicyclic) bond motifs is 1. The van der Waals surface area contributed by atoms with Crippen LogP contribution in [-0.4, -0.2) is 77.0 Å². The molecule has 0 aliphatic carbocycles. The molecule has 2 aliphatic heterocycles. The van der Waals surface area contributed by atoms with Crippen molar-refractivity contribution in [3.63, 3.8) is 0 Å². The lowest BCUT2D eigenvalue weighted by molar-refractivity contribution is -0.0186. The number of hydrogen-bond acceptors (Lipinski definition) is 12. The predicted molar refractivity (Wildman–Crippen MR) is 150 cm³/mol. The molecule has 6 atom stereocenters. The van der Waals surface area contributed by atoms with Gasteiger partial charge in [0.2, 0.25) is 11.8 Å². The van der Waals surface area contributed by atoms with Crippen LogP contribution in [0, 0.1) is 5.82 Å². The van der Waals surface area contributed by atoms with Gasteiger partial charge in [-0.05, 0) is 28.9 Å². The number of halogens is 1. The number of aliphatic hydroxyl groups is 2. The summed E-state index contributed by atoms with van der Waals surface area (Å²) in [6, 6.07) is 14.0. The maximum atomic E-state index is 15.2. The van der Waals surface area contributed by atoms with Gasteiger partial charge >= 0.3 is 15.6 Å². The van der Waals surface area contributed by atoms with Crippen LogP contribution in [0.3, 0.4) is 0 Å². The highest BCUT2D eigenvalue weighted by atomic mass is 31.3. The number of nitrogens with zero attached hydrogens (tertiary/aromatic N) is 3. The Morgan fingerprint density at radius 1 is 1.05 bits per heavy atom. The number of anilines is 2. The van der Waals surface area contributed by atoms with Crippen LogP contribution in [0.5, 0.6) is 5.88 Å². The fourth-order valence-electron chi connectivity index (χ4n) is 4.68. The van der Waals surface area contributed by atoms with Crippen LogP contribution >= 0.6 is 23.2 Å². The zero-order chi connectivity index (χ0) is 30.4. The number of hydrogen-bond donors (Lipinski definition) is 7. The first-order valence-electron chi connectivity index (χ1n) is 12.2. The van der Waals surface area contributed by atoms with E-state index in [1.54, 1.807) is 18.1 Å². The molecule has 5 rings (SSSR count). The van der Waals surface area contributed by atoms with Gasteiger partial charge in [-0.1, -0.05) is 50.0 Å². The second-order valence-corrected chi connectivity index (χ2v) is 14.4. The van der Waals surface area contributed by atoms with Crippen molar-refractivity contribution in [3.8, 4) is 17.0 Å². The average molecular weight is 646 g/mol. The van der Waals surface area contributed by atoms with Gasteiger partial charge in [-0.15, -0.1) is 0 Å². The van der Waals surface area contributed by atoms with Crippen molar-refractivity contribution in [1.29, 1.82) is 0 Å². The van der Waals surface area contributed by atoms with Crippen molar-refractivity contribution in [2.75, 3.05) is 17.2 Å². The second kappa shape index (κ2) is 11.8. The third-order valence-electron chi connectivity index (χ3n) is 6.51. The molecule has 2 aliphatic rings. The van der Waals surface area contributed by atoms with E-state index in [4.69, 9.17) is 20.3 Å². The van der Waals surface area contributed by atoms with Gasteiger partial charge in [0.25, 0.3) is 0 Å². The van der Waals surface area contributed by atoms with E-state index in [0.717, 1.165) is 5.56 Å². The molecule has 8 N–H and O–H groups in total. The normalized spacial score (nSPS) is 25.2. The summed E-state index contributed by atoms with van der Waals surface area (Å²) in [6.07, 6.45) is -6.08. The van der Waals surface area contributed by atoms with Crippen molar-refractivity contribution in [1.82, 2.24) is 9.97 Å². The molecule has 226 valence electrons. The highest BCUT2D eigenvalue weighted by Gasteiger charge is 2.48. The fraction of sp³-hybridized carbons (Fsp3) is 0.261. The van der Waals surface area contributed by atoms with Crippen molar-refractivity contribution in [2.24, 2.45) is 0 Å². The smallest absolute Gasteiger partial charge is 0.481 e. The van der Waals surface area contributed by atoms with Crippen molar-refractivity contribution in [3.05, 3.63) is 59.9 Å². The standard InChI is InChI=1S/C23H26FN4O11P3/c24-15-8-13(12-4-2-1-3-5-12)6-7-14(15)10-40-11-28(20-19(40)21(31)27-23(25)26-20)22-18(30)17(29)16(38-22)9-37-42(35,36)39-41(32,33)34/h1-8,11,16-18,22,29-30,40H,9-10H2,(H,35,36)(H2,32,33,34)(H3,25,26,27,31)/t16-,17-,18-,22-/m1/s1. The summed E-state index contributed by atoms with van der Waals surface area (Å²) in [5.41, 5.74) is 7.59. The Balaban J connectivity index is 1.40. The Hall–Kier alpha value is -2.71. The van der Waals surface area contributed by atoms with Crippen molar-refractivity contribution < 1.29 is 57.1 Å². The van der Waals surface area contributed by atoms with Gasteiger partial charge in [0.05, 0.1) is 11.9 Å². The van der Waals surface area contributed by atoms with E-state index in [0.29, 0.717) is 11.1 Å². The van der Waals surface area contributed by atoms with Gasteiger partial charge < -0.3 is 45.4 Å². The molecule has 0 spiro atoms. The van der Waals surface area contributed by atoms with Gasteiger partial charge in [0, 0.05) is 5.92 Å². The van der Waals surface area contributed by atoms with E-state index >= 15 is 4.39 Å². The number of aromatic hydroxyl groups is 1. The summed E-state index contributed by atoms with van der Waals surface area (Å²) in [4.78, 5) is 36.3. The minimum absolute atomic E-state index is 0.0469. The number of ether oxygens (including phenoxy) is 1. The average Bonchev–Trinajstić information content (AvgIpc) is 3.39. The number of aliphatic hydroxyl groups excluding tert-OH is 2. The molecule has 0 saturated carbocycles. The molecule has 2 aromatic carbocycles. The number of nitrogen functional groups attached to an aromatic ring is 1. The highest BCUT2D eigenvalue weighted by Crippen LogP contribution is 2.57. The number of benzene rings is 2. The third kappa shape index (κ3) is 6.60. The number of nitrogens with two attached hydrogens (primary N) is 1. The highest BCUT2D eigenvalue weighted by molar-refractivity contribution is 7.65. The molecule has 3 heterocycles. The lowest BCUT2D eigenvalue weighted by Crippen LogP contribution is -2.43. The third-order valence-corrected chi connectivity index (χ3v) is 11.1. The summed E-state index contributed by atoms with van der Waals surface area (Å²) in [6.45, 7) is -0.906. The molecule has 2 unspecified atom stereocenters. The number of aromatic nitrogens is 2. The molecular formula is C23H26FN4O11P3. The van der Waals surface area contributed by atoms with E-state index in [2.05, 4.69) is 18.8 Å². The van der Waals surface area contributed by atoms with Gasteiger partial charge in [-0.2, -0.15) is 14.3 Å². The fourth-order valence-corrected chi connectivity index (χ4v) is 8.79. The largest absolute Gasteiger partial charge is 0.493 e. The zero-order valence-electron chi connectivity index (χ0n) is 21.3. The lowest BCUT2D eigenvalue weighted by Gasteiger charge is -2.26. The molecule has 1 fully saturated rings. The van der Waals surface area contributed by atoms with Crippen LogP contribution in [-0.2, 0) is 28.9 Å². The van der Waals surface area contributed by atoms with Gasteiger partial charge in [0.15, 0.2) is 12.0 Å². The van der Waals surface area contributed by atoms with E-state index < -0.39 is 66.0 Å². The number of phosphoric ester groups is 1. The molecule has 3 aromatic rings. The molecule has 19 heteroatoms. The minimum atomic E-state index is -5.39. The zero-order valence-corrected chi connectivity index (χ0v) is 24.1. The van der Waals surface area contributed by atoms with Crippen LogP contribution < -0.4 is 15.9 Å². The number of rotatable bonds is 9. The molecule has 1 saturated heterocycles. The first kappa shape index (κ1) is 30.7. The molecular weight excluding hydrogens is 620 g/mol. The van der Waals surface area contributed by atoms with Crippen LogP contribution in [0.2, 0.25) is 0 Å². The van der Waals surface area contributed by atoms with E-state index in [1.807, 2.05) is 30.3 Å². The Morgan fingerprint density at radius 2 is 1.76 bits per heavy atom. The Labute approximate surface area is 238 Å². The molecule has 0 bridgehead atoms. The summed E-state index contributed by atoms with van der Waals surface area (Å²) in [5.74, 6) is 0.385. The van der Waals surface area contributed by atoms with Gasteiger partial charge in [-0.3, -0.25) is 4.52 Å². The monoisotopic (exact) mass is 646 g/mol.